The van der Waals surface area contributed by atoms with Crippen molar-refractivity contribution in [3.63, 3.8) is 0 Å². The maximum Gasteiger partial charge on any atom is 0.336 e. The maximum absolute atomic E-state index is 15.0. The van der Waals surface area contributed by atoms with Crippen LogP contribution < -0.4 is 0 Å². The molecule has 4 atom stereocenters. The van der Waals surface area contributed by atoms with E-state index in [1.807, 2.05) is 6.92 Å². The highest BCUT2D eigenvalue weighted by Gasteiger charge is 2.53. The molecule has 0 bridgehead atoms. The van der Waals surface area contributed by atoms with Gasteiger partial charge in [0.05, 0.1) is 16.8 Å². The Bertz CT molecular complexity index is 1330. The van der Waals surface area contributed by atoms with Gasteiger partial charge in [0.1, 0.15) is 12.0 Å². The Kier molecular flexibility index (Phi) is 7.93. The molecule has 3 unspecified atom stereocenters. The average molecular weight is 563 g/mol. The molecule has 1 fully saturated rings. The Morgan fingerprint density at radius 1 is 1.26 bits per heavy atom. The molecule has 1 aliphatic carbocycles. The van der Waals surface area contributed by atoms with Crippen LogP contribution in [0, 0.1) is 17.7 Å². The number of aromatic nitrogens is 2. The van der Waals surface area contributed by atoms with Gasteiger partial charge in [0.25, 0.3) is 6.43 Å². The third-order valence-electron chi connectivity index (χ3n) is 8.32. The van der Waals surface area contributed by atoms with E-state index in [9.17, 15) is 18.4 Å². The molecular weight excluding hydrogens is 531 g/mol. The Balaban J connectivity index is 1.31. The minimum Gasteiger partial charge on any atom is -0.363 e. The second kappa shape index (κ2) is 11.1. The van der Waals surface area contributed by atoms with Crippen LogP contribution in [0.15, 0.2) is 18.2 Å². The van der Waals surface area contributed by atoms with Crippen LogP contribution in [0.25, 0.3) is 0 Å². The summed E-state index contributed by atoms with van der Waals surface area (Å²) in [6, 6.07) is 4.02. The van der Waals surface area contributed by atoms with Gasteiger partial charge < -0.3 is 4.74 Å². The van der Waals surface area contributed by atoms with Crippen molar-refractivity contribution in [1.29, 1.82) is 0 Å². The van der Waals surface area contributed by atoms with Gasteiger partial charge in [-0.3, -0.25) is 9.59 Å². The van der Waals surface area contributed by atoms with Gasteiger partial charge in [-0.25, -0.2) is 17.7 Å². The summed E-state index contributed by atoms with van der Waals surface area (Å²) in [6.45, 7) is 4.20. The predicted molar refractivity (Wildman–Crippen MR) is 139 cm³/mol. The summed E-state index contributed by atoms with van der Waals surface area (Å²) in [4.78, 5) is 34.5. The number of Topliss-reactive ketones (excluding diaryl/α,β-unsaturated/α-hetero) is 2. The Labute approximate surface area is 230 Å². The quantitative estimate of drug-likeness (QED) is 0.210. The first kappa shape index (κ1) is 27.9. The van der Waals surface area contributed by atoms with E-state index in [0.717, 1.165) is 36.6 Å². The van der Waals surface area contributed by atoms with Crippen molar-refractivity contribution >= 4 is 35.2 Å². The van der Waals surface area contributed by atoms with Crippen molar-refractivity contribution in [1.82, 2.24) is 9.97 Å². The molecule has 0 N–H and O–H groups in total. The SMILES string of the molecule is CCCC1CCOC(C(=O)CCC2CCc3nc(Cl)nc([N+]4=C[C@]4(C)c4cccc(C(F)F)c4F)c3C2)C1=O. The number of nitrogens with zero attached hydrogens (tertiary/aromatic N) is 3. The van der Waals surface area contributed by atoms with E-state index in [2.05, 4.69) is 9.97 Å². The Morgan fingerprint density at radius 3 is 2.79 bits per heavy atom. The number of ketones is 2. The van der Waals surface area contributed by atoms with Crippen LogP contribution in [0.1, 0.15) is 81.2 Å². The molecule has 39 heavy (non-hydrogen) atoms. The van der Waals surface area contributed by atoms with E-state index in [-0.39, 0.29) is 40.7 Å². The molecule has 6 nitrogen and oxygen atoms in total. The molecule has 3 aliphatic rings. The molecule has 0 saturated carbocycles. The minimum absolute atomic E-state index is 0.0661. The summed E-state index contributed by atoms with van der Waals surface area (Å²) in [5.74, 6) is -0.612. The number of aryl methyl sites for hydroxylation is 1. The molecule has 10 heteroatoms. The van der Waals surface area contributed by atoms with Gasteiger partial charge in [0.15, 0.2) is 23.2 Å². The summed E-state index contributed by atoms with van der Waals surface area (Å²) < 4.78 is 49.0. The van der Waals surface area contributed by atoms with E-state index < -0.39 is 29.4 Å². The number of hydrogen-bond acceptors (Lipinski definition) is 5. The van der Waals surface area contributed by atoms with Gasteiger partial charge in [-0.1, -0.05) is 31.5 Å². The minimum atomic E-state index is -2.92. The van der Waals surface area contributed by atoms with E-state index in [4.69, 9.17) is 16.3 Å². The van der Waals surface area contributed by atoms with Crippen molar-refractivity contribution in [3.05, 3.63) is 51.7 Å². The van der Waals surface area contributed by atoms with Crippen molar-refractivity contribution in [3.8, 4) is 0 Å². The van der Waals surface area contributed by atoms with Gasteiger partial charge in [0.2, 0.25) is 0 Å². The Hall–Kier alpha value is -2.65. The van der Waals surface area contributed by atoms with Gasteiger partial charge in [0, 0.05) is 24.5 Å². The number of hydrogen-bond donors (Lipinski definition) is 0. The molecule has 0 amide bonds. The normalized spacial score (nSPS) is 26.4. The van der Waals surface area contributed by atoms with E-state index in [1.54, 1.807) is 17.7 Å². The fraction of sp³-hybridized carbons (Fsp3) is 0.552. The third-order valence-corrected chi connectivity index (χ3v) is 8.49. The van der Waals surface area contributed by atoms with E-state index >= 15 is 4.39 Å². The van der Waals surface area contributed by atoms with Crippen LogP contribution >= 0.6 is 11.6 Å². The standard InChI is InChI=1S/C29H32ClF3N3O3/c1-3-5-17-12-13-39-25(24(17)38)22(37)11-9-16-8-10-21-19(14-16)27(35-28(30)34-21)36-15-29(36,2)20-7-4-6-18(23(20)31)26(32)33/h4,6-7,15-17,25-26H,3,5,8-14H2,1-2H3/q+1/t16?,17?,25?,29-/m1/s1. The lowest BCUT2D eigenvalue weighted by Crippen LogP contribution is -2.42. The molecule has 3 heterocycles. The number of carbonyl (C=O) groups excluding carboxylic acids is 2. The van der Waals surface area contributed by atoms with Gasteiger partial charge in [-0.15, -0.1) is 0 Å². The van der Waals surface area contributed by atoms with Crippen LogP contribution in [0.4, 0.5) is 19.0 Å². The van der Waals surface area contributed by atoms with Gasteiger partial charge >= 0.3 is 11.1 Å². The molecule has 208 valence electrons. The summed E-state index contributed by atoms with van der Waals surface area (Å²) in [6.07, 6.45) is 3.08. The number of benzene rings is 1. The average Bonchev–Trinajstić information content (AvgIpc) is 3.60. The monoisotopic (exact) mass is 562 g/mol. The number of halogens is 4. The zero-order valence-corrected chi connectivity index (χ0v) is 22.8. The number of alkyl halides is 2. The van der Waals surface area contributed by atoms with Crippen molar-refractivity contribution in [2.45, 2.75) is 83.3 Å². The first-order valence-corrected chi connectivity index (χ1v) is 14.0. The summed E-state index contributed by atoms with van der Waals surface area (Å²) in [7, 11) is 0. The number of fused-ring (bicyclic) bond motifs is 1. The molecule has 5 rings (SSSR count). The molecule has 0 spiro atoms. The molecule has 1 aromatic heterocycles. The van der Waals surface area contributed by atoms with Crippen molar-refractivity contribution in [2.75, 3.05) is 6.61 Å². The largest absolute Gasteiger partial charge is 0.363 e. The third kappa shape index (κ3) is 5.40. The maximum atomic E-state index is 15.0. The first-order chi connectivity index (χ1) is 18.6. The number of carbonyl (C=O) groups is 2. The first-order valence-electron chi connectivity index (χ1n) is 13.6. The summed E-state index contributed by atoms with van der Waals surface area (Å²) in [5.41, 5.74) is 0.201. The lowest BCUT2D eigenvalue weighted by molar-refractivity contribution is -0.425. The fourth-order valence-electron chi connectivity index (χ4n) is 6.02. The van der Waals surface area contributed by atoms with E-state index in [1.165, 1.54) is 12.1 Å². The van der Waals surface area contributed by atoms with Crippen LogP contribution in [0.3, 0.4) is 0 Å². The zero-order chi connectivity index (χ0) is 27.9. The lowest BCUT2D eigenvalue weighted by Gasteiger charge is -2.28. The van der Waals surface area contributed by atoms with Crippen LogP contribution in [0.5, 0.6) is 0 Å². The smallest absolute Gasteiger partial charge is 0.336 e. The number of rotatable bonds is 9. The van der Waals surface area contributed by atoms with Crippen LogP contribution in [-0.2, 0) is 32.7 Å². The highest BCUT2D eigenvalue weighted by atomic mass is 35.5. The zero-order valence-electron chi connectivity index (χ0n) is 22.1. The molecule has 2 aliphatic heterocycles. The van der Waals surface area contributed by atoms with Gasteiger partial charge in [-0.2, -0.15) is 4.98 Å². The highest BCUT2D eigenvalue weighted by Crippen LogP contribution is 2.44. The molecule has 2 aromatic rings. The number of ether oxygens (including phenoxy) is 1. The predicted octanol–water partition coefficient (Wildman–Crippen LogP) is 6.08. The molecule has 1 aromatic carbocycles. The second-order valence-corrected chi connectivity index (χ2v) is 11.3. The topological polar surface area (TPSA) is 72.2 Å². The molecular formula is C29H32ClF3N3O3+. The molecule has 0 radical (unpaired) electrons. The Morgan fingerprint density at radius 2 is 2.05 bits per heavy atom. The summed E-state index contributed by atoms with van der Waals surface area (Å²) in [5, 5.41) is 0.0661. The highest BCUT2D eigenvalue weighted by molar-refractivity contribution is 6.28. The van der Waals surface area contributed by atoms with Crippen molar-refractivity contribution in [2.24, 2.45) is 11.8 Å². The lowest BCUT2D eigenvalue weighted by atomic mass is 9.82. The second-order valence-electron chi connectivity index (χ2n) is 10.9. The molecule has 1 saturated heterocycles. The summed E-state index contributed by atoms with van der Waals surface area (Å²) >= 11 is 6.24. The van der Waals surface area contributed by atoms with Crippen LogP contribution in [0.2, 0.25) is 5.28 Å². The van der Waals surface area contributed by atoms with Crippen LogP contribution in [-0.4, -0.2) is 45.0 Å². The van der Waals surface area contributed by atoms with E-state index in [0.29, 0.717) is 38.1 Å². The fourth-order valence-corrected chi connectivity index (χ4v) is 6.21. The van der Waals surface area contributed by atoms with Crippen molar-refractivity contribution < 1.29 is 32.1 Å². The van der Waals surface area contributed by atoms with Gasteiger partial charge in [-0.05, 0) is 68.0 Å².